The average molecular weight is 304 g/mol. The Morgan fingerprint density at radius 3 is 2.43 bits per heavy atom. The molecule has 126 valence electrons. The molecule has 0 fully saturated rings. The maximum absolute atomic E-state index is 11.5. The molecule has 3 N–H and O–H groups in total. The van der Waals surface area contributed by atoms with E-state index in [-0.39, 0.29) is 24.8 Å². The van der Waals surface area contributed by atoms with E-state index in [9.17, 15) is 9.90 Å². The second kappa shape index (κ2) is 10.8. The summed E-state index contributed by atoms with van der Waals surface area (Å²) in [5.41, 5.74) is -0.473. The Hall–Kier alpha value is -0.850. The summed E-state index contributed by atoms with van der Waals surface area (Å²) < 4.78 is 10.3. The number of hydrogen-bond donors (Lipinski definition) is 3. The van der Waals surface area contributed by atoms with Gasteiger partial charge in [0.25, 0.3) is 0 Å². The molecule has 0 radical (unpaired) electrons. The maximum Gasteiger partial charge on any atom is 0.407 e. The highest BCUT2D eigenvalue weighted by Gasteiger charge is 2.16. The minimum absolute atomic E-state index is 0.0870. The summed E-state index contributed by atoms with van der Waals surface area (Å²) in [7, 11) is 1.66. The molecule has 0 rings (SSSR count). The summed E-state index contributed by atoms with van der Waals surface area (Å²) >= 11 is 0. The van der Waals surface area contributed by atoms with E-state index in [0.717, 1.165) is 19.3 Å². The van der Waals surface area contributed by atoms with Gasteiger partial charge in [-0.2, -0.15) is 0 Å². The molecule has 0 aromatic rings. The van der Waals surface area contributed by atoms with Crippen LogP contribution in [0.15, 0.2) is 0 Å². The Balaban J connectivity index is 3.95. The van der Waals surface area contributed by atoms with Crippen LogP contribution >= 0.6 is 0 Å². The van der Waals surface area contributed by atoms with Gasteiger partial charge in [-0.25, -0.2) is 4.79 Å². The topological polar surface area (TPSA) is 79.8 Å². The fraction of sp³-hybridized carbons (Fsp3) is 0.933. The smallest absolute Gasteiger partial charge is 0.407 e. The lowest BCUT2D eigenvalue weighted by molar-refractivity contribution is 0.0526. The Bertz CT molecular complexity index is 275. The quantitative estimate of drug-likeness (QED) is 0.535. The molecule has 0 bridgehead atoms. The monoisotopic (exact) mass is 304 g/mol. The highest BCUT2D eigenvalue weighted by atomic mass is 16.6. The SMILES string of the molecule is CC[C@H](CO)NC(CCCNC(=O)OC(C)(C)C)COC. The van der Waals surface area contributed by atoms with Crippen molar-refractivity contribution >= 4 is 6.09 Å². The number of rotatable bonds is 10. The third-order valence-corrected chi connectivity index (χ3v) is 2.95. The number of aliphatic hydroxyl groups is 1. The van der Waals surface area contributed by atoms with Crippen molar-refractivity contribution in [1.29, 1.82) is 0 Å². The molecule has 6 heteroatoms. The van der Waals surface area contributed by atoms with Crippen molar-refractivity contribution in [2.45, 2.75) is 64.6 Å². The molecule has 0 saturated heterocycles. The highest BCUT2D eigenvalue weighted by molar-refractivity contribution is 5.67. The van der Waals surface area contributed by atoms with E-state index in [2.05, 4.69) is 10.6 Å². The third-order valence-electron chi connectivity index (χ3n) is 2.95. The normalized spacial score (nSPS) is 14.6. The second-order valence-corrected chi connectivity index (χ2v) is 6.18. The van der Waals surface area contributed by atoms with Crippen LogP contribution in [0.4, 0.5) is 4.79 Å². The maximum atomic E-state index is 11.5. The minimum atomic E-state index is -0.473. The van der Waals surface area contributed by atoms with Crippen LogP contribution in [0.25, 0.3) is 0 Å². The van der Waals surface area contributed by atoms with Gasteiger partial charge in [0.05, 0.1) is 13.2 Å². The van der Waals surface area contributed by atoms with Gasteiger partial charge in [-0.15, -0.1) is 0 Å². The molecule has 21 heavy (non-hydrogen) atoms. The van der Waals surface area contributed by atoms with Gasteiger partial charge >= 0.3 is 6.09 Å². The van der Waals surface area contributed by atoms with E-state index < -0.39 is 5.60 Å². The molecule has 0 aliphatic carbocycles. The van der Waals surface area contributed by atoms with E-state index in [4.69, 9.17) is 9.47 Å². The number of ether oxygens (including phenoxy) is 2. The van der Waals surface area contributed by atoms with Gasteiger partial charge in [0.15, 0.2) is 0 Å². The van der Waals surface area contributed by atoms with Crippen molar-refractivity contribution in [3.8, 4) is 0 Å². The third kappa shape index (κ3) is 11.5. The fourth-order valence-electron chi connectivity index (χ4n) is 1.90. The number of carbonyl (C=O) groups is 1. The molecule has 1 unspecified atom stereocenters. The zero-order chi connectivity index (χ0) is 16.3. The highest BCUT2D eigenvalue weighted by Crippen LogP contribution is 2.06. The Morgan fingerprint density at radius 1 is 1.29 bits per heavy atom. The summed E-state index contributed by atoms with van der Waals surface area (Å²) in [5.74, 6) is 0. The second-order valence-electron chi connectivity index (χ2n) is 6.18. The number of amides is 1. The summed E-state index contributed by atoms with van der Waals surface area (Å²) in [5, 5.41) is 15.3. The Kier molecular flexibility index (Phi) is 10.4. The fourth-order valence-corrected chi connectivity index (χ4v) is 1.90. The standard InChI is InChI=1S/C15H32N2O4/c1-6-12(10-18)17-13(11-20-5)8-7-9-16-14(19)21-15(2,3)4/h12-13,17-18H,6-11H2,1-5H3,(H,16,19)/t12-,13?/m1/s1. The molecule has 6 nitrogen and oxygen atoms in total. The Labute approximate surface area is 128 Å². The lowest BCUT2D eigenvalue weighted by atomic mass is 10.1. The molecule has 2 atom stereocenters. The van der Waals surface area contributed by atoms with Crippen LogP contribution in [-0.4, -0.2) is 55.8 Å². The molecule has 0 heterocycles. The molecule has 0 aliphatic heterocycles. The molecule has 0 spiro atoms. The van der Waals surface area contributed by atoms with Crippen LogP contribution < -0.4 is 10.6 Å². The predicted molar refractivity (Wildman–Crippen MR) is 83.4 cm³/mol. The molecular formula is C15H32N2O4. The van der Waals surface area contributed by atoms with Gasteiger partial charge in [-0.3, -0.25) is 0 Å². The largest absolute Gasteiger partial charge is 0.444 e. The number of aliphatic hydroxyl groups excluding tert-OH is 1. The number of nitrogens with one attached hydrogen (secondary N) is 2. The average Bonchev–Trinajstić information content (AvgIpc) is 2.38. The van der Waals surface area contributed by atoms with Crippen LogP contribution in [0.5, 0.6) is 0 Å². The van der Waals surface area contributed by atoms with Gasteiger partial charge < -0.3 is 25.2 Å². The molecule has 1 amide bonds. The predicted octanol–water partition coefficient (Wildman–Crippen LogP) is 1.67. The van der Waals surface area contributed by atoms with Crippen molar-refractivity contribution in [2.24, 2.45) is 0 Å². The van der Waals surface area contributed by atoms with Gasteiger partial charge in [0, 0.05) is 25.7 Å². The van der Waals surface area contributed by atoms with Crippen LogP contribution in [0.3, 0.4) is 0 Å². The lowest BCUT2D eigenvalue weighted by Crippen LogP contribution is -2.43. The van der Waals surface area contributed by atoms with Crippen molar-refractivity contribution in [1.82, 2.24) is 10.6 Å². The lowest BCUT2D eigenvalue weighted by Gasteiger charge is -2.23. The van der Waals surface area contributed by atoms with Crippen LogP contribution in [0.2, 0.25) is 0 Å². The minimum Gasteiger partial charge on any atom is -0.444 e. The van der Waals surface area contributed by atoms with Gasteiger partial charge in [0.1, 0.15) is 5.60 Å². The number of carbonyl (C=O) groups excluding carboxylic acids is 1. The van der Waals surface area contributed by atoms with Crippen molar-refractivity contribution in [3.63, 3.8) is 0 Å². The van der Waals surface area contributed by atoms with Crippen molar-refractivity contribution in [3.05, 3.63) is 0 Å². The number of alkyl carbamates (subject to hydrolysis) is 1. The van der Waals surface area contributed by atoms with E-state index in [0.29, 0.717) is 13.2 Å². The summed E-state index contributed by atoms with van der Waals surface area (Å²) in [6, 6.07) is 0.261. The summed E-state index contributed by atoms with van der Waals surface area (Å²) in [6.45, 7) is 8.81. The van der Waals surface area contributed by atoms with Crippen LogP contribution in [0.1, 0.15) is 47.0 Å². The number of hydrogen-bond acceptors (Lipinski definition) is 5. The Morgan fingerprint density at radius 2 is 1.95 bits per heavy atom. The van der Waals surface area contributed by atoms with Gasteiger partial charge in [0.2, 0.25) is 0 Å². The van der Waals surface area contributed by atoms with E-state index in [1.807, 2.05) is 27.7 Å². The van der Waals surface area contributed by atoms with Crippen molar-refractivity contribution < 1.29 is 19.4 Å². The first-order valence-corrected chi connectivity index (χ1v) is 7.65. The summed E-state index contributed by atoms with van der Waals surface area (Å²) in [6.07, 6.45) is 2.16. The summed E-state index contributed by atoms with van der Waals surface area (Å²) in [4.78, 5) is 11.5. The molecule has 0 aromatic heterocycles. The number of methoxy groups -OCH3 is 1. The zero-order valence-electron chi connectivity index (χ0n) is 14.1. The molecule has 0 aromatic carbocycles. The van der Waals surface area contributed by atoms with E-state index >= 15 is 0 Å². The van der Waals surface area contributed by atoms with Crippen molar-refractivity contribution in [2.75, 3.05) is 26.9 Å². The first-order valence-electron chi connectivity index (χ1n) is 7.65. The first kappa shape index (κ1) is 20.1. The van der Waals surface area contributed by atoms with E-state index in [1.165, 1.54) is 0 Å². The molecule has 0 saturated carbocycles. The zero-order valence-corrected chi connectivity index (χ0v) is 14.1. The molecular weight excluding hydrogens is 272 g/mol. The molecule has 0 aliphatic rings. The van der Waals surface area contributed by atoms with E-state index in [1.54, 1.807) is 7.11 Å². The van der Waals surface area contributed by atoms with Crippen LogP contribution in [0, 0.1) is 0 Å². The van der Waals surface area contributed by atoms with Crippen LogP contribution in [-0.2, 0) is 9.47 Å². The first-order chi connectivity index (χ1) is 9.82. The van der Waals surface area contributed by atoms with Gasteiger partial charge in [-0.05, 0) is 40.0 Å². The van der Waals surface area contributed by atoms with Gasteiger partial charge in [-0.1, -0.05) is 6.92 Å².